The van der Waals surface area contributed by atoms with Crippen molar-refractivity contribution < 1.29 is 14.7 Å². The fraction of sp³-hybridized carbons (Fsp3) is 0.385. The zero-order chi connectivity index (χ0) is 14.2. The van der Waals surface area contributed by atoms with Gasteiger partial charge in [0.05, 0.1) is 10.6 Å². The molecule has 0 radical (unpaired) electrons. The Balaban J connectivity index is 2.39. The van der Waals surface area contributed by atoms with Gasteiger partial charge in [0.25, 0.3) is 0 Å². The van der Waals surface area contributed by atoms with Gasteiger partial charge in [-0.1, -0.05) is 11.6 Å². The Morgan fingerprint density at radius 3 is 2.74 bits per heavy atom. The molecule has 0 atom stereocenters. The summed E-state index contributed by atoms with van der Waals surface area (Å²) in [6, 6.07) is 4.73. The van der Waals surface area contributed by atoms with Crippen LogP contribution in [-0.2, 0) is 4.79 Å². The molecule has 1 heterocycles. The largest absolute Gasteiger partial charge is 0.478 e. The normalized spacial score (nSPS) is 18.1. The second kappa shape index (κ2) is 4.74. The molecular formula is C13H15ClN2O3. The molecule has 2 rings (SSSR count). The lowest BCUT2D eigenvalue weighted by Crippen LogP contribution is -2.62. The number of carbonyl (C=O) groups excluding carboxylic acids is 1. The van der Waals surface area contributed by atoms with Gasteiger partial charge in [0.1, 0.15) is 5.54 Å². The highest BCUT2D eigenvalue weighted by atomic mass is 35.5. The summed E-state index contributed by atoms with van der Waals surface area (Å²) in [4.78, 5) is 24.7. The Labute approximate surface area is 116 Å². The molecule has 2 N–H and O–H groups in total. The number of carboxylic acid groups (broad SMARTS) is 1. The zero-order valence-corrected chi connectivity index (χ0v) is 11.5. The number of nitrogens with zero attached hydrogens (tertiary/aromatic N) is 1. The summed E-state index contributed by atoms with van der Waals surface area (Å²) < 4.78 is 0. The molecule has 0 unspecified atom stereocenters. The van der Waals surface area contributed by atoms with Crippen molar-refractivity contribution in [2.75, 3.05) is 18.0 Å². The van der Waals surface area contributed by atoms with Crippen LogP contribution < -0.4 is 10.2 Å². The number of hydrogen-bond acceptors (Lipinski definition) is 3. The van der Waals surface area contributed by atoms with Gasteiger partial charge in [0.15, 0.2) is 0 Å². The van der Waals surface area contributed by atoms with Crippen LogP contribution in [0.2, 0.25) is 5.02 Å². The number of halogens is 1. The quantitative estimate of drug-likeness (QED) is 0.867. The number of anilines is 1. The van der Waals surface area contributed by atoms with Gasteiger partial charge < -0.3 is 15.3 Å². The van der Waals surface area contributed by atoms with Crippen LogP contribution in [-0.4, -0.2) is 35.6 Å². The summed E-state index contributed by atoms with van der Waals surface area (Å²) in [6.45, 7) is 4.85. The molecule has 0 saturated carbocycles. The lowest BCUT2D eigenvalue weighted by atomic mass is 9.97. The number of carboxylic acids is 1. The van der Waals surface area contributed by atoms with Crippen LogP contribution in [0.5, 0.6) is 0 Å². The van der Waals surface area contributed by atoms with Crippen LogP contribution in [0.15, 0.2) is 18.2 Å². The lowest BCUT2D eigenvalue weighted by molar-refractivity contribution is -0.126. The molecular weight excluding hydrogens is 268 g/mol. The predicted octanol–water partition coefficient (Wildman–Crippen LogP) is 1.75. The van der Waals surface area contributed by atoms with Crippen LogP contribution in [0.4, 0.5) is 5.69 Å². The first-order valence-corrected chi connectivity index (χ1v) is 6.30. The van der Waals surface area contributed by atoms with E-state index < -0.39 is 11.5 Å². The topological polar surface area (TPSA) is 69.6 Å². The van der Waals surface area contributed by atoms with Crippen LogP contribution in [0.25, 0.3) is 0 Å². The van der Waals surface area contributed by atoms with Crippen LogP contribution in [0.3, 0.4) is 0 Å². The maximum absolute atomic E-state index is 11.9. The molecule has 102 valence electrons. The Bertz CT molecular complexity index is 543. The molecule has 19 heavy (non-hydrogen) atoms. The molecule has 5 nitrogen and oxygen atoms in total. The summed E-state index contributed by atoms with van der Waals surface area (Å²) in [6.07, 6.45) is 0. The van der Waals surface area contributed by atoms with Gasteiger partial charge >= 0.3 is 5.97 Å². The SMILES string of the molecule is CC1(C)C(=O)NCCN1c1ccc(C(=O)O)c(Cl)c1. The molecule has 1 aromatic rings. The van der Waals surface area contributed by atoms with E-state index in [1.165, 1.54) is 6.07 Å². The molecule has 0 aliphatic carbocycles. The zero-order valence-electron chi connectivity index (χ0n) is 10.7. The second-order valence-electron chi connectivity index (χ2n) is 4.94. The van der Waals surface area contributed by atoms with E-state index in [4.69, 9.17) is 16.7 Å². The van der Waals surface area contributed by atoms with Gasteiger partial charge in [0, 0.05) is 18.8 Å². The maximum Gasteiger partial charge on any atom is 0.337 e. The fourth-order valence-corrected chi connectivity index (χ4v) is 2.45. The second-order valence-corrected chi connectivity index (χ2v) is 5.34. The Kier molecular flexibility index (Phi) is 3.41. The molecule has 1 amide bonds. The van der Waals surface area contributed by atoms with E-state index in [9.17, 15) is 9.59 Å². The van der Waals surface area contributed by atoms with Crippen molar-refractivity contribution in [1.82, 2.24) is 5.32 Å². The van der Waals surface area contributed by atoms with Gasteiger partial charge in [0.2, 0.25) is 5.91 Å². The molecule has 1 fully saturated rings. The van der Waals surface area contributed by atoms with Crippen LogP contribution in [0.1, 0.15) is 24.2 Å². The molecule has 6 heteroatoms. The third-order valence-electron chi connectivity index (χ3n) is 3.35. The number of carbonyl (C=O) groups is 2. The van der Waals surface area contributed by atoms with E-state index in [1.807, 2.05) is 18.7 Å². The average Bonchev–Trinajstić information content (AvgIpc) is 2.32. The molecule has 1 aliphatic rings. The first-order valence-electron chi connectivity index (χ1n) is 5.93. The smallest absolute Gasteiger partial charge is 0.337 e. The first kappa shape index (κ1) is 13.7. The third kappa shape index (κ3) is 2.38. The molecule has 1 aliphatic heterocycles. The molecule has 0 spiro atoms. The molecule has 0 bridgehead atoms. The number of rotatable bonds is 2. The number of hydrogen-bond donors (Lipinski definition) is 2. The van der Waals surface area contributed by atoms with Crippen LogP contribution >= 0.6 is 11.6 Å². The molecule has 1 saturated heterocycles. The number of aromatic carboxylic acids is 1. The van der Waals surface area contributed by atoms with Crippen molar-refractivity contribution in [3.8, 4) is 0 Å². The van der Waals surface area contributed by atoms with Gasteiger partial charge in [-0.25, -0.2) is 4.79 Å². The Morgan fingerprint density at radius 2 is 2.16 bits per heavy atom. The predicted molar refractivity (Wildman–Crippen MR) is 72.8 cm³/mol. The van der Waals surface area contributed by atoms with Crippen molar-refractivity contribution in [2.45, 2.75) is 19.4 Å². The fourth-order valence-electron chi connectivity index (χ4n) is 2.20. The van der Waals surface area contributed by atoms with E-state index in [0.717, 1.165) is 5.69 Å². The summed E-state index contributed by atoms with van der Waals surface area (Å²) in [5, 5.41) is 11.9. The lowest BCUT2D eigenvalue weighted by Gasteiger charge is -2.43. The highest BCUT2D eigenvalue weighted by Crippen LogP contribution is 2.29. The summed E-state index contributed by atoms with van der Waals surface area (Å²) >= 11 is 5.97. The number of amides is 1. The number of benzene rings is 1. The summed E-state index contributed by atoms with van der Waals surface area (Å²) in [5.74, 6) is -1.12. The minimum Gasteiger partial charge on any atom is -0.478 e. The Morgan fingerprint density at radius 1 is 1.47 bits per heavy atom. The Hall–Kier alpha value is -1.75. The number of nitrogens with one attached hydrogen (secondary N) is 1. The van der Waals surface area contributed by atoms with E-state index >= 15 is 0 Å². The van der Waals surface area contributed by atoms with E-state index in [-0.39, 0.29) is 16.5 Å². The van der Waals surface area contributed by atoms with Crippen molar-refractivity contribution in [3.05, 3.63) is 28.8 Å². The van der Waals surface area contributed by atoms with Gasteiger partial charge in [-0.15, -0.1) is 0 Å². The van der Waals surface area contributed by atoms with Crippen molar-refractivity contribution in [3.63, 3.8) is 0 Å². The number of piperazine rings is 1. The minimum absolute atomic E-state index is 0.0582. The van der Waals surface area contributed by atoms with E-state index in [0.29, 0.717) is 13.1 Å². The maximum atomic E-state index is 11.9. The molecule has 0 aromatic heterocycles. The average molecular weight is 283 g/mol. The summed E-state index contributed by atoms with van der Waals surface area (Å²) in [7, 11) is 0. The van der Waals surface area contributed by atoms with E-state index in [2.05, 4.69) is 5.32 Å². The minimum atomic E-state index is -1.06. The van der Waals surface area contributed by atoms with Gasteiger partial charge in [-0.05, 0) is 32.0 Å². The van der Waals surface area contributed by atoms with Gasteiger partial charge in [-0.3, -0.25) is 4.79 Å². The van der Waals surface area contributed by atoms with Crippen molar-refractivity contribution in [1.29, 1.82) is 0 Å². The monoisotopic (exact) mass is 282 g/mol. The third-order valence-corrected chi connectivity index (χ3v) is 3.66. The van der Waals surface area contributed by atoms with Gasteiger partial charge in [-0.2, -0.15) is 0 Å². The highest BCUT2D eigenvalue weighted by Gasteiger charge is 2.37. The highest BCUT2D eigenvalue weighted by molar-refractivity contribution is 6.33. The summed E-state index contributed by atoms with van der Waals surface area (Å²) in [5.41, 5.74) is 0.117. The molecule has 1 aromatic carbocycles. The van der Waals surface area contributed by atoms with Crippen LogP contribution in [0, 0.1) is 0 Å². The first-order chi connectivity index (χ1) is 8.84. The van der Waals surface area contributed by atoms with Crippen molar-refractivity contribution >= 4 is 29.2 Å². The van der Waals surface area contributed by atoms with Crippen molar-refractivity contribution in [2.24, 2.45) is 0 Å². The standard InChI is InChI=1S/C13H15ClN2O3/c1-13(2)12(19)15-5-6-16(13)8-3-4-9(11(17)18)10(14)7-8/h3-4,7H,5-6H2,1-2H3,(H,15,19)(H,17,18). The van der Waals surface area contributed by atoms with E-state index in [1.54, 1.807) is 12.1 Å².